The fraction of sp³-hybridized carbons (Fsp3) is 0.611. The number of hydrogen-bond acceptors (Lipinski definition) is 9. The molecule has 0 saturated carbocycles. The molecule has 2 heterocycles. The lowest BCUT2D eigenvalue weighted by Gasteiger charge is -2.23. The third-order valence-electron chi connectivity index (χ3n) is 4.34. The smallest absolute Gasteiger partial charge is 0.412 e. The Bertz CT molecular complexity index is 794. The summed E-state index contributed by atoms with van der Waals surface area (Å²) in [5, 5.41) is 31.5. The first kappa shape index (κ1) is 23.0. The molecule has 162 valence electrons. The largest absolute Gasteiger partial charge is 0.449 e. The Kier molecular flexibility index (Phi) is 7.49. The van der Waals surface area contributed by atoms with Crippen LogP contribution in [0.1, 0.15) is 25.6 Å². The van der Waals surface area contributed by atoms with Crippen molar-refractivity contribution < 1.29 is 34.3 Å². The molecule has 1 saturated heterocycles. The van der Waals surface area contributed by atoms with Crippen molar-refractivity contribution in [3.63, 3.8) is 0 Å². The van der Waals surface area contributed by atoms with Crippen LogP contribution in [0.4, 0.5) is 10.6 Å². The highest BCUT2D eigenvalue weighted by molar-refractivity contribution is 5.85. The van der Waals surface area contributed by atoms with Crippen molar-refractivity contribution in [1.82, 2.24) is 9.55 Å². The Hall–Kier alpha value is -2.31. The first-order valence-electron chi connectivity index (χ1n) is 8.94. The van der Waals surface area contributed by atoms with Gasteiger partial charge < -0.3 is 29.5 Å². The van der Waals surface area contributed by atoms with Gasteiger partial charge in [0.25, 0.3) is 0 Å². The number of aromatic nitrogens is 2. The molecule has 0 spiro atoms. The second-order valence-electron chi connectivity index (χ2n) is 7.47. The molecule has 4 atom stereocenters. The lowest BCUT2D eigenvalue weighted by molar-refractivity contribution is -0.0549. The quantitative estimate of drug-likeness (QED) is 0.451. The van der Waals surface area contributed by atoms with Gasteiger partial charge >= 0.3 is 11.8 Å². The van der Waals surface area contributed by atoms with Gasteiger partial charge in [0.05, 0.1) is 13.2 Å². The topological polar surface area (TPSA) is 152 Å². The molecule has 1 aromatic heterocycles. The molecule has 4 N–H and O–H groups in total. The number of nitrogens with one attached hydrogen (secondary N) is 1. The van der Waals surface area contributed by atoms with E-state index in [1.165, 1.54) is 12.3 Å². The van der Waals surface area contributed by atoms with E-state index in [2.05, 4.69) is 16.9 Å². The fourth-order valence-electron chi connectivity index (χ4n) is 2.85. The molecule has 0 aromatic carbocycles. The lowest BCUT2D eigenvalue weighted by Crippen LogP contribution is -2.36. The summed E-state index contributed by atoms with van der Waals surface area (Å²) in [6, 6.07) is 0. The summed E-state index contributed by atoms with van der Waals surface area (Å²) in [5.74, 6) is -0.0810. The van der Waals surface area contributed by atoms with Crippen molar-refractivity contribution in [2.45, 2.75) is 38.4 Å². The van der Waals surface area contributed by atoms with E-state index in [1.54, 1.807) is 7.11 Å². The van der Waals surface area contributed by atoms with E-state index in [4.69, 9.17) is 14.2 Å². The average Bonchev–Trinajstić information content (AvgIpc) is 2.95. The Balaban J connectivity index is 2.17. The molecular formula is C18H27N3O8. The molecule has 1 amide bonds. The van der Waals surface area contributed by atoms with Crippen LogP contribution in [-0.2, 0) is 14.2 Å². The van der Waals surface area contributed by atoms with Gasteiger partial charge in [0, 0.05) is 24.3 Å². The maximum absolute atomic E-state index is 12.4. The van der Waals surface area contributed by atoms with Crippen LogP contribution < -0.4 is 11.0 Å². The maximum Gasteiger partial charge on any atom is 0.412 e. The van der Waals surface area contributed by atoms with Crippen LogP contribution in [0.3, 0.4) is 0 Å². The van der Waals surface area contributed by atoms with Gasteiger partial charge in [-0.25, -0.2) is 9.59 Å². The number of carbonyl (C=O) groups is 1. The Labute approximate surface area is 167 Å². The second-order valence-corrected chi connectivity index (χ2v) is 7.47. The third-order valence-corrected chi connectivity index (χ3v) is 4.34. The standard InChI is InChI=1S/C18H27N3O8/c1-5-10-6-21(15-13(24)12(23)11(7-22)29-15)16(25)19-14(10)20-17(26)28-9-18(2,3)8-27-4/h5-6,11-13,15,22-24H,1,7-9H2,2-4H3,(H,19,20,25,26)/t11-,12-,13-,15?/m1/s1. The highest BCUT2D eigenvalue weighted by atomic mass is 16.6. The van der Waals surface area contributed by atoms with Crippen LogP contribution in [0.5, 0.6) is 0 Å². The number of ether oxygens (including phenoxy) is 3. The van der Waals surface area contributed by atoms with Crippen LogP contribution >= 0.6 is 0 Å². The molecule has 11 nitrogen and oxygen atoms in total. The van der Waals surface area contributed by atoms with Gasteiger partial charge in [-0.1, -0.05) is 26.5 Å². The van der Waals surface area contributed by atoms with Crippen LogP contribution in [0, 0.1) is 5.41 Å². The molecule has 29 heavy (non-hydrogen) atoms. The Morgan fingerprint density at radius 2 is 2.10 bits per heavy atom. The summed E-state index contributed by atoms with van der Waals surface area (Å²) in [5.41, 5.74) is -0.986. The van der Waals surface area contributed by atoms with Gasteiger partial charge in [0.15, 0.2) is 6.23 Å². The minimum Gasteiger partial charge on any atom is -0.449 e. The molecule has 1 unspecified atom stereocenters. The summed E-state index contributed by atoms with van der Waals surface area (Å²) >= 11 is 0. The number of carbonyl (C=O) groups excluding carboxylic acids is 1. The fourth-order valence-corrected chi connectivity index (χ4v) is 2.85. The first-order chi connectivity index (χ1) is 13.6. The summed E-state index contributed by atoms with van der Waals surface area (Å²) in [4.78, 5) is 28.3. The van der Waals surface area contributed by atoms with E-state index in [-0.39, 0.29) is 18.0 Å². The van der Waals surface area contributed by atoms with Gasteiger partial charge in [-0.05, 0) is 0 Å². The van der Waals surface area contributed by atoms with Crippen LogP contribution in [0.2, 0.25) is 0 Å². The van der Waals surface area contributed by atoms with E-state index in [1.807, 2.05) is 13.8 Å². The molecule has 2 rings (SSSR count). The molecular weight excluding hydrogens is 386 g/mol. The van der Waals surface area contributed by atoms with Crippen molar-refractivity contribution in [1.29, 1.82) is 0 Å². The van der Waals surface area contributed by atoms with Gasteiger partial charge in [-0.2, -0.15) is 4.98 Å². The van der Waals surface area contributed by atoms with Crippen LogP contribution in [-0.4, -0.2) is 76.2 Å². The van der Waals surface area contributed by atoms with Crippen molar-refractivity contribution in [3.05, 3.63) is 28.8 Å². The molecule has 0 aliphatic carbocycles. The number of amides is 1. The minimum atomic E-state index is -1.45. The number of hydrogen-bond donors (Lipinski definition) is 4. The Morgan fingerprint density at radius 3 is 2.66 bits per heavy atom. The zero-order chi connectivity index (χ0) is 21.8. The zero-order valence-electron chi connectivity index (χ0n) is 16.6. The predicted octanol–water partition coefficient (Wildman–Crippen LogP) is -0.281. The van der Waals surface area contributed by atoms with Gasteiger partial charge in [-0.3, -0.25) is 9.88 Å². The summed E-state index contributed by atoms with van der Waals surface area (Å²) in [6.07, 6.45) is -3.31. The number of anilines is 1. The van der Waals surface area contributed by atoms with E-state index in [0.717, 1.165) is 4.57 Å². The molecule has 1 aliphatic rings. The second kappa shape index (κ2) is 9.46. The van der Waals surface area contributed by atoms with Crippen molar-refractivity contribution in [2.75, 3.05) is 32.2 Å². The van der Waals surface area contributed by atoms with E-state index >= 15 is 0 Å². The van der Waals surface area contributed by atoms with Crippen LogP contribution in [0.15, 0.2) is 17.6 Å². The highest BCUT2D eigenvalue weighted by Crippen LogP contribution is 2.29. The lowest BCUT2D eigenvalue weighted by atomic mass is 9.96. The molecule has 1 aromatic rings. The Morgan fingerprint density at radius 1 is 1.41 bits per heavy atom. The zero-order valence-corrected chi connectivity index (χ0v) is 16.6. The van der Waals surface area contributed by atoms with E-state index in [0.29, 0.717) is 6.61 Å². The van der Waals surface area contributed by atoms with Gasteiger partial charge in [0.2, 0.25) is 0 Å². The minimum absolute atomic E-state index is 0.0791. The summed E-state index contributed by atoms with van der Waals surface area (Å²) in [7, 11) is 1.55. The molecule has 1 fully saturated rings. The summed E-state index contributed by atoms with van der Waals surface area (Å²) < 4.78 is 16.5. The average molecular weight is 413 g/mol. The number of rotatable bonds is 8. The molecule has 1 aliphatic heterocycles. The van der Waals surface area contributed by atoms with Crippen molar-refractivity contribution in [3.8, 4) is 0 Å². The number of aliphatic hydroxyl groups is 3. The van der Waals surface area contributed by atoms with Gasteiger partial charge in [0.1, 0.15) is 30.7 Å². The monoisotopic (exact) mass is 413 g/mol. The summed E-state index contributed by atoms with van der Waals surface area (Å²) in [6.45, 7) is 7.27. The molecule has 11 heteroatoms. The molecule has 0 radical (unpaired) electrons. The number of aliphatic hydroxyl groups excluding tert-OH is 3. The van der Waals surface area contributed by atoms with Crippen molar-refractivity contribution >= 4 is 18.0 Å². The number of methoxy groups -OCH3 is 1. The highest BCUT2D eigenvalue weighted by Gasteiger charge is 2.44. The predicted molar refractivity (Wildman–Crippen MR) is 102 cm³/mol. The van der Waals surface area contributed by atoms with Gasteiger partial charge in [-0.15, -0.1) is 0 Å². The molecule has 0 bridgehead atoms. The number of nitrogens with zero attached hydrogens (tertiary/aromatic N) is 2. The normalized spacial score (nSPS) is 24.3. The SMILES string of the molecule is C=Cc1cn(C2O[C@H](CO)[C@@H](O)[C@H]2O)c(=O)nc1NC(=O)OCC(C)(C)COC. The van der Waals surface area contributed by atoms with E-state index < -0.39 is 48.3 Å². The van der Waals surface area contributed by atoms with Crippen molar-refractivity contribution in [2.24, 2.45) is 5.41 Å². The first-order valence-corrected chi connectivity index (χ1v) is 8.94. The van der Waals surface area contributed by atoms with Crippen LogP contribution in [0.25, 0.3) is 6.08 Å². The maximum atomic E-state index is 12.4. The third kappa shape index (κ3) is 5.40. The van der Waals surface area contributed by atoms with E-state index in [9.17, 15) is 24.9 Å².